The molecule has 0 amide bonds. The van der Waals surface area contributed by atoms with Gasteiger partial charge in [0.2, 0.25) is 0 Å². The first-order chi connectivity index (χ1) is 13.0. The van der Waals surface area contributed by atoms with Gasteiger partial charge in [0.25, 0.3) is 0 Å². The molecule has 3 rings (SSSR count). The van der Waals surface area contributed by atoms with E-state index in [0.717, 1.165) is 42.4 Å². The zero-order chi connectivity index (χ0) is 19.4. The van der Waals surface area contributed by atoms with Crippen LogP contribution in [0.25, 0.3) is 0 Å². The number of rotatable bonds is 7. The fourth-order valence-corrected chi connectivity index (χ4v) is 3.58. The van der Waals surface area contributed by atoms with Crippen molar-refractivity contribution in [3.8, 4) is 23.0 Å². The zero-order valence-corrected chi connectivity index (χ0v) is 16.8. The number of fused-ring (bicyclic) bond motifs is 1. The summed E-state index contributed by atoms with van der Waals surface area (Å²) < 4.78 is 22.3. The fourth-order valence-electron chi connectivity index (χ4n) is 3.58. The van der Waals surface area contributed by atoms with E-state index in [1.807, 2.05) is 26.0 Å². The van der Waals surface area contributed by atoms with Crippen LogP contribution in [0.1, 0.15) is 36.6 Å². The monoisotopic (exact) mass is 371 g/mol. The molecule has 27 heavy (non-hydrogen) atoms. The van der Waals surface area contributed by atoms with E-state index in [2.05, 4.69) is 23.5 Å². The lowest BCUT2D eigenvalue weighted by atomic mass is 9.89. The summed E-state index contributed by atoms with van der Waals surface area (Å²) in [6.07, 6.45) is 1.94. The SMILES string of the molecule is COc1ccc(CC2NCCc3cc(OC)c(OC(C)C)cc32)cc1OC. The molecule has 5 nitrogen and oxygen atoms in total. The molecule has 0 radical (unpaired) electrons. The van der Waals surface area contributed by atoms with Crippen LogP contribution in [-0.4, -0.2) is 34.0 Å². The van der Waals surface area contributed by atoms with Crippen LogP contribution in [0.15, 0.2) is 30.3 Å². The van der Waals surface area contributed by atoms with Crippen molar-refractivity contribution in [2.45, 2.75) is 38.8 Å². The molecule has 5 heteroatoms. The lowest BCUT2D eigenvalue weighted by molar-refractivity contribution is 0.229. The van der Waals surface area contributed by atoms with Gasteiger partial charge in [0.1, 0.15) is 0 Å². The number of nitrogens with one attached hydrogen (secondary N) is 1. The van der Waals surface area contributed by atoms with Crippen molar-refractivity contribution in [2.75, 3.05) is 27.9 Å². The van der Waals surface area contributed by atoms with Gasteiger partial charge in [-0.25, -0.2) is 0 Å². The molecule has 1 N–H and O–H groups in total. The third kappa shape index (κ3) is 4.30. The maximum absolute atomic E-state index is 5.98. The van der Waals surface area contributed by atoms with Crippen LogP contribution in [0.5, 0.6) is 23.0 Å². The largest absolute Gasteiger partial charge is 0.493 e. The molecule has 0 saturated carbocycles. The number of benzene rings is 2. The van der Waals surface area contributed by atoms with Crippen LogP contribution < -0.4 is 24.3 Å². The second-order valence-corrected chi connectivity index (χ2v) is 7.02. The summed E-state index contributed by atoms with van der Waals surface area (Å²) in [5, 5.41) is 3.64. The van der Waals surface area contributed by atoms with Gasteiger partial charge in [-0.3, -0.25) is 0 Å². The Bertz CT molecular complexity index is 788. The molecule has 1 unspecified atom stereocenters. The van der Waals surface area contributed by atoms with Crippen molar-refractivity contribution in [1.29, 1.82) is 0 Å². The topological polar surface area (TPSA) is 49.0 Å². The Balaban J connectivity index is 1.91. The third-order valence-electron chi connectivity index (χ3n) is 4.84. The molecule has 2 aromatic rings. The van der Waals surface area contributed by atoms with Crippen LogP contribution in [0.3, 0.4) is 0 Å². The van der Waals surface area contributed by atoms with Gasteiger partial charge in [-0.2, -0.15) is 0 Å². The second-order valence-electron chi connectivity index (χ2n) is 7.02. The summed E-state index contributed by atoms with van der Waals surface area (Å²) in [6.45, 7) is 5.00. The summed E-state index contributed by atoms with van der Waals surface area (Å²) in [6, 6.07) is 10.6. The van der Waals surface area contributed by atoms with Crippen LogP contribution in [0.2, 0.25) is 0 Å². The van der Waals surface area contributed by atoms with Crippen LogP contribution >= 0.6 is 0 Å². The molecule has 0 fully saturated rings. The Labute approximate surface area is 161 Å². The van der Waals surface area contributed by atoms with Gasteiger partial charge in [0.05, 0.1) is 27.4 Å². The van der Waals surface area contributed by atoms with Gasteiger partial charge in [-0.15, -0.1) is 0 Å². The molecule has 1 aliphatic heterocycles. The van der Waals surface area contributed by atoms with Gasteiger partial charge in [0.15, 0.2) is 23.0 Å². The average Bonchev–Trinajstić information content (AvgIpc) is 2.67. The molecule has 0 spiro atoms. The molecule has 1 aliphatic rings. The Hall–Kier alpha value is -2.40. The smallest absolute Gasteiger partial charge is 0.161 e. The van der Waals surface area contributed by atoms with Gasteiger partial charge in [-0.05, 0) is 74.2 Å². The van der Waals surface area contributed by atoms with E-state index in [9.17, 15) is 0 Å². The minimum atomic E-state index is 0.0952. The van der Waals surface area contributed by atoms with Gasteiger partial charge in [-0.1, -0.05) is 6.07 Å². The normalized spacial score (nSPS) is 16.0. The van der Waals surface area contributed by atoms with E-state index in [4.69, 9.17) is 18.9 Å². The Morgan fingerprint density at radius 2 is 1.63 bits per heavy atom. The lowest BCUT2D eigenvalue weighted by Gasteiger charge is -2.29. The van der Waals surface area contributed by atoms with E-state index >= 15 is 0 Å². The first-order valence-corrected chi connectivity index (χ1v) is 9.37. The van der Waals surface area contributed by atoms with E-state index in [-0.39, 0.29) is 12.1 Å². The van der Waals surface area contributed by atoms with Crippen molar-refractivity contribution in [1.82, 2.24) is 5.32 Å². The molecule has 0 saturated heterocycles. The number of methoxy groups -OCH3 is 3. The number of ether oxygens (including phenoxy) is 4. The Kier molecular flexibility index (Phi) is 6.11. The van der Waals surface area contributed by atoms with E-state index < -0.39 is 0 Å². The molecule has 0 aliphatic carbocycles. The minimum Gasteiger partial charge on any atom is -0.493 e. The van der Waals surface area contributed by atoms with Gasteiger partial charge >= 0.3 is 0 Å². The minimum absolute atomic E-state index is 0.0952. The van der Waals surface area contributed by atoms with E-state index in [1.54, 1.807) is 21.3 Å². The van der Waals surface area contributed by atoms with Gasteiger partial charge < -0.3 is 24.3 Å². The standard InChI is InChI=1S/C22H29NO4/c1-14(2)27-22-13-17-16(12-21(22)26-5)8-9-23-18(17)10-15-6-7-19(24-3)20(11-15)25-4/h6-7,11-14,18,23H,8-10H2,1-5H3. The van der Waals surface area contributed by atoms with Crippen molar-refractivity contribution in [2.24, 2.45) is 0 Å². The fraction of sp³-hybridized carbons (Fsp3) is 0.455. The van der Waals surface area contributed by atoms with Gasteiger partial charge in [0, 0.05) is 6.04 Å². The molecule has 0 aromatic heterocycles. The van der Waals surface area contributed by atoms with Crippen molar-refractivity contribution in [3.63, 3.8) is 0 Å². The first kappa shape index (κ1) is 19.4. The van der Waals surface area contributed by atoms with E-state index in [0.29, 0.717) is 0 Å². The second kappa shape index (κ2) is 8.53. The summed E-state index contributed by atoms with van der Waals surface area (Å²) in [5.74, 6) is 3.10. The molecule has 1 heterocycles. The molecule has 1 atom stereocenters. The zero-order valence-electron chi connectivity index (χ0n) is 16.8. The highest BCUT2D eigenvalue weighted by atomic mass is 16.5. The predicted molar refractivity (Wildman–Crippen MR) is 106 cm³/mol. The Morgan fingerprint density at radius 1 is 0.926 bits per heavy atom. The third-order valence-corrected chi connectivity index (χ3v) is 4.84. The Morgan fingerprint density at radius 3 is 2.30 bits per heavy atom. The number of hydrogen-bond acceptors (Lipinski definition) is 5. The molecular formula is C22H29NO4. The molecular weight excluding hydrogens is 342 g/mol. The van der Waals surface area contributed by atoms with Crippen molar-refractivity contribution >= 4 is 0 Å². The summed E-state index contributed by atoms with van der Waals surface area (Å²) in [4.78, 5) is 0. The van der Waals surface area contributed by atoms with Crippen LogP contribution in [0.4, 0.5) is 0 Å². The maximum atomic E-state index is 5.98. The molecule has 2 aromatic carbocycles. The maximum Gasteiger partial charge on any atom is 0.161 e. The summed E-state index contributed by atoms with van der Waals surface area (Å²) >= 11 is 0. The highest BCUT2D eigenvalue weighted by molar-refractivity contribution is 5.50. The average molecular weight is 371 g/mol. The van der Waals surface area contributed by atoms with Crippen molar-refractivity contribution in [3.05, 3.63) is 47.0 Å². The summed E-state index contributed by atoms with van der Waals surface area (Å²) in [5.41, 5.74) is 3.78. The molecule has 0 bridgehead atoms. The van der Waals surface area contributed by atoms with Crippen molar-refractivity contribution < 1.29 is 18.9 Å². The number of hydrogen-bond donors (Lipinski definition) is 1. The quantitative estimate of drug-likeness (QED) is 0.799. The van der Waals surface area contributed by atoms with E-state index in [1.165, 1.54) is 16.7 Å². The van der Waals surface area contributed by atoms with Crippen LogP contribution in [-0.2, 0) is 12.8 Å². The first-order valence-electron chi connectivity index (χ1n) is 9.37. The van der Waals surface area contributed by atoms with Crippen LogP contribution in [0, 0.1) is 0 Å². The summed E-state index contributed by atoms with van der Waals surface area (Å²) in [7, 11) is 5.01. The predicted octanol–water partition coefficient (Wildman–Crippen LogP) is 3.93. The molecule has 146 valence electrons. The highest BCUT2D eigenvalue weighted by Gasteiger charge is 2.23. The highest BCUT2D eigenvalue weighted by Crippen LogP contribution is 2.37. The lowest BCUT2D eigenvalue weighted by Crippen LogP contribution is -2.31.